The van der Waals surface area contributed by atoms with Crippen LogP contribution in [-0.2, 0) is 80.0 Å². The Kier molecular flexibility index (Phi) is 30.7. The number of aliphatic hydroxyl groups excluding tert-OH is 1. The number of amides is 14. The highest BCUT2D eigenvalue weighted by molar-refractivity contribution is 8.77. The number of phenolic OH excluding ortho intramolecular Hbond substituents is 1. The lowest BCUT2D eigenvalue weighted by Crippen LogP contribution is -2.61. The number of imidazole rings is 1. The van der Waals surface area contributed by atoms with Gasteiger partial charge in [0, 0.05) is 60.7 Å². The first-order valence-corrected chi connectivity index (χ1v) is 36.5. The topological polar surface area (TPSA) is 508 Å². The molecule has 1 aromatic carbocycles. The summed E-state index contributed by atoms with van der Waals surface area (Å²) in [6.45, 7) is 5.18. The van der Waals surface area contributed by atoms with E-state index in [1.807, 2.05) is 0 Å². The number of nitrogens with one attached hydrogen (secondary N) is 13. The first-order chi connectivity index (χ1) is 45.7. The summed E-state index contributed by atoms with van der Waals surface area (Å²) in [6.07, 6.45) is 2.04. The molecule has 6 rings (SSSR count). The minimum absolute atomic E-state index is 0.00825. The molecule has 0 aliphatic carbocycles. The predicted molar refractivity (Wildman–Crippen MR) is 356 cm³/mol. The quantitative estimate of drug-likeness (QED) is 0.0464. The number of aromatic amines is 1. The molecule has 4 fully saturated rings. The Bertz CT molecular complexity index is 3100. The Morgan fingerprint density at radius 3 is 1.97 bits per heavy atom. The average Bonchev–Trinajstić information content (AvgIpc) is 1.66. The number of phenols is 1. The molecule has 0 radical (unpaired) electrons. The third-order valence-electron chi connectivity index (χ3n) is 15.8. The molecule has 2 aromatic rings. The van der Waals surface area contributed by atoms with Gasteiger partial charge in [-0.3, -0.25) is 67.1 Å². The molecule has 0 saturated carbocycles. The van der Waals surface area contributed by atoms with Crippen molar-refractivity contribution < 1.29 is 77.3 Å². The van der Waals surface area contributed by atoms with Crippen molar-refractivity contribution >= 4 is 126 Å². The number of benzene rings is 1. The molecule has 96 heavy (non-hydrogen) atoms. The summed E-state index contributed by atoms with van der Waals surface area (Å²) >= 11 is 0. The van der Waals surface area contributed by atoms with Crippen LogP contribution in [0.4, 0.5) is 0 Å². The van der Waals surface area contributed by atoms with Gasteiger partial charge >= 0.3 is 0 Å². The number of hydrogen-bond donors (Lipinski definition) is 17. The van der Waals surface area contributed by atoms with Crippen LogP contribution in [0.2, 0.25) is 0 Å². The van der Waals surface area contributed by atoms with Crippen LogP contribution in [0.15, 0.2) is 36.8 Å². The van der Waals surface area contributed by atoms with Crippen molar-refractivity contribution in [1.82, 2.24) is 78.7 Å². The number of aromatic hydroxyl groups is 1. The predicted octanol–water partition coefficient (Wildman–Crippen LogP) is -4.77. The summed E-state index contributed by atoms with van der Waals surface area (Å²) < 4.78 is 0. The van der Waals surface area contributed by atoms with E-state index >= 15 is 0 Å². The molecule has 0 unspecified atom stereocenters. The fourth-order valence-corrected chi connectivity index (χ4v) is 15.2. The molecule has 528 valence electrons. The van der Waals surface area contributed by atoms with E-state index in [1.165, 1.54) is 24.7 Å². The van der Waals surface area contributed by atoms with Crippen molar-refractivity contribution in [1.29, 1.82) is 0 Å². The maximum Gasteiger partial charge on any atom is 0.246 e. The molecule has 4 aliphatic rings. The first kappa shape index (κ1) is 77.1. The second kappa shape index (κ2) is 38.2. The number of hydrogen-bond acceptors (Lipinski definition) is 22. The molecule has 4 aliphatic heterocycles. The van der Waals surface area contributed by atoms with Crippen molar-refractivity contribution in [2.75, 3.05) is 49.2 Å². The van der Waals surface area contributed by atoms with Crippen molar-refractivity contribution in [2.45, 2.75) is 164 Å². The van der Waals surface area contributed by atoms with Crippen molar-refractivity contribution in [3.05, 3.63) is 48.0 Å². The monoisotopic (exact) mass is 1420 g/mol. The lowest BCUT2D eigenvalue weighted by Gasteiger charge is -2.31. The number of aryl methyl sites for hydroxylation is 1. The highest BCUT2D eigenvalue weighted by atomic mass is 33.1. The normalized spacial score (nSPS) is 26.2. The molecule has 33 nitrogen and oxygen atoms in total. The van der Waals surface area contributed by atoms with E-state index in [0.717, 1.165) is 48.1 Å². The second-order valence-corrected chi connectivity index (χ2v) is 29.4. The SMILES string of the molecule is CC(C)C[C@@H]1NC(=O)[C@H](CCCCN)NC(=O)[C@H](CCc2ccc(O)cc2)NC(=O)CNC(=O)[C@@H]2CSSC[C@H](NC1=O)C(=O)N[C@@H](Cc1cnc[nH]1)C(=O)N1C[C@H](O)C[C@H]1C(=O)N[C@H](C(N)=O)CSSC[C@H](NC(=O)[C@@H](NC(=O)CNC(=O)[C@@H]1CCC(=O)N1)C(C)C)C(=O)N2. The Morgan fingerprint density at radius 1 is 0.698 bits per heavy atom. The zero-order valence-corrected chi connectivity index (χ0v) is 56.8. The maximum atomic E-state index is 15.0. The number of rotatable bonds is 19. The van der Waals surface area contributed by atoms with E-state index in [0.29, 0.717) is 24.1 Å². The zero-order chi connectivity index (χ0) is 70.2. The molecule has 14 amide bonds. The summed E-state index contributed by atoms with van der Waals surface area (Å²) in [4.78, 5) is 204. The number of nitrogens with two attached hydrogens (primary N) is 2. The standard InChI is InChI=1S/C59H87N17O16S4/c1-29(2)17-38-54(87)73-42-26-96-94-25-41(51(84)64-21-46(80)67-37(13-10-31-8-11-33(77)12-9-31)53(86)68-35(52(85)69-38)7-5-6-16-60)72-56(89)43(74-58(91)48(30(3)4)75-47(81)22-63-50(83)36-14-15-45(79)66-36)27-95-93-24-40(49(61)82)71-57(90)44-19-34(78)23-76(44)59(92)39(70-55(42)88)18-32-20-62-28-65-32/h8-9,11-12,20,28-30,34-44,48,77-78H,5-7,10,13-19,21-27,60H2,1-4H3,(H2,61,82)(H,62,65)(H,63,83)(H,64,84)(H,66,79)(H,67,80)(H,68,86)(H,69,85)(H,70,88)(H,71,90)(H,72,89)(H,73,87)(H,74,91)(H,75,81)/t34-,35+,36+,37+,38+,39+,40+,41+,42+,43+,44+,48+/m1/s1. The van der Waals surface area contributed by atoms with E-state index in [-0.39, 0.29) is 98.5 Å². The van der Waals surface area contributed by atoms with E-state index in [9.17, 15) is 77.3 Å². The summed E-state index contributed by atoms with van der Waals surface area (Å²) in [6, 6.07) is -9.38. The number of aromatic nitrogens is 2. The van der Waals surface area contributed by atoms with Crippen LogP contribution in [0.5, 0.6) is 5.75 Å². The van der Waals surface area contributed by atoms with Crippen LogP contribution in [-0.4, -0.2) is 230 Å². The number of primary amides is 1. The maximum absolute atomic E-state index is 15.0. The molecule has 12 atom stereocenters. The van der Waals surface area contributed by atoms with Gasteiger partial charge in [0.15, 0.2) is 0 Å². The molecular formula is C59H87N17O16S4. The number of aliphatic hydroxyl groups is 1. The van der Waals surface area contributed by atoms with Gasteiger partial charge in [-0.15, -0.1) is 0 Å². The van der Waals surface area contributed by atoms with E-state index in [1.54, 1.807) is 39.8 Å². The van der Waals surface area contributed by atoms with Gasteiger partial charge in [-0.25, -0.2) is 4.98 Å². The van der Waals surface area contributed by atoms with Gasteiger partial charge in [0.05, 0.1) is 25.5 Å². The van der Waals surface area contributed by atoms with Crippen molar-refractivity contribution in [3.63, 3.8) is 0 Å². The van der Waals surface area contributed by atoms with Crippen LogP contribution < -0.4 is 75.3 Å². The van der Waals surface area contributed by atoms with Crippen LogP contribution in [0.25, 0.3) is 0 Å². The van der Waals surface area contributed by atoms with Crippen molar-refractivity contribution in [2.24, 2.45) is 23.3 Å². The molecule has 4 saturated heterocycles. The lowest BCUT2D eigenvalue weighted by molar-refractivity contribution is -0.142. The molecular weight excluding hydrogens is 1330 g/mol. The van der Waals surface area contributed by atoms with Gasteiger partial charge in [0.1, 0.15) is 72.2 Å². The minimum atomic E-state index is -1.60. The molecule has 1 aromatic heterocycles. The number of nitrogens with zero attached hydrogens (tertiary/aromatic N) is 2. The molecule has 37 heteroatoms. The summed E-state index contributed by atoms with van der Waals surface area (Å²) in [5.74, 6) is -14.1. The first-order valence-electron chi connectivity index (χ1n) is 31.5. The number of unbranched alkanes of at least 4 members (excludes halogenated alkanes) is 1. The number of H-pyrrole nitrogens is 1. The lowest BCUT2D eigenvalue weighted by atomic mass is 10.0. The van der Waals surface area contributed by atoms with Crippen LogP contribution in [0, 0.1) is 11.8 Å². The van der Waals surface area contributed by atoms with Gasteiger partial charge < -0.3 is 95.4 Å². The summed E-state index contributed by atoms with van der Waals surface area (Å²) in [7, 11) is 3.67. The summed E-state index contributed by atoms with van der Waals surface area (Å²) in [5.41, 5.74) is 12.6. The molecule has 0 spiro atoms. The molecule has 5 heterocycles. The smallest absolute Gasteiger partial charge is 0.246 e. The van der Waals surface area contributed by atoms with Crippen molar-refractivity contribution in [3.8, 4) is 5.75 Å². The molecule has 2 bridgehead atoms. The zero-order valence-electron chi connectivity index (χ0n) is 53.6. The van der Waals surface area contributed by atoms with Gasteiger partial charge in [0.25, 0.3) is 0 Å². The van der Waals surface area contributed by atoms with Gasteiger partial charge in [-0.05, 0) is 81.0 Å². The van der Waals surface area contributed by atoms with Gasteiger partial charge in [0.2, 0.25) is 82.7 Å². The molecule has 19 N–H and O–H groups in total. The largest absolute Gasteiger partial charge is 0.508 e. The fraction of sp³-hybridized carbons (Fsp3) is 0.610. The highest BCUT2D eigenvalue weighted by Crippen LogP contribution is 2.27. The van der Waals surface area contributed by atoms with Crippen LogP contribution in [0.1, 0.15) is 90.3 Å². The average molecular weight is 1420 g/mol. The van der Waals surface area contributed by atoms with Gasteiger partial charge in [-0.2, -0.15) is 0 Å². The van der Waals surface area contributed by atoms with Crippen LogP contribution >= 0.6 is 43.2 Å². The Labute approximate surface area is 569 Å². The number of fused-ring (bicyclic) bond motifs is 6. The third-order valence-corrected chi connectivity index (χ3v) is 20.6. The minimum Gasteiger partial charge on any atom is -0.508 e. The highest BCUT2D eigenvalue weighted by Gasteiger charge is 2.44. The second-order valence-electron chi connectivity index (χ2n) is 24.3. The van der Waals surface area contributed by atoms with E-state index < -0.39 is 175 Å². The Morgan fingerprint density at radius 2 is 1.33 bits per heavy atom. The fourth-order valence-electron chi connectivity index (χ4n) is 10.5. The summed E-state index contributed by atoms with van der Waals surface area (Å²) in [5, 5.41) is 52.3. The number of carbonyl (C=O) groups excluding carboxylic acids is 14. The van der Waals surface area contributed by atoms with Gasteiger partial charge in [-0.1, -0.05) is 83.0 Å². The van der Waals surface area contributed by atoms with Crippen LogP contribution in [0.3, 0.4) is 0 Å². The third kappa shape index (κ3) is 24.3. The van der Waals surface area contributed by atoms with E-state index in [4.69, 9.17) is 11.5 Å². The number of carbonyl (C=O) groups is 14. The Hall–Kier alpha value is -7.87. The van der Waals surface area contributed by atoms with E-state index in [2.05, 4.69) is 73.8 Å². The Balaban J connectivity index is 1.40.